The summed E-state index contributed by atoms with van der Waals surface area (Å²) in [6.45, 7) is -0.354. The van der Waals surface area contributed by atoms with Gasteiger partial charge >= 0.3 is 12.1 Å². The molecule has 0 saturated heterocycles. The van der Waals surface area contributed by atoms with Crippen LogP contribution in [0.5, 0.6) is 5.75 Å². The summed E-state index contributed by atoms with van der Waals surface area (Å²) in [5.74, 6) is -0.0168. The fourth-order valence-corrected chi connectivity index (χ4v) is 1.65. The van der Waals surface area contributed by atoms with Crippen molar-refractivity contribution < 1.29 is 23.8 Å². The molecular formula is C17H17NO5. The number of rotatable bonds is 7. The fraction of sp³-hybridized carbons (Fsp3) is 0.176. The largest absolute Gasteiger partial charge is 0.482 e. The number of amides is 1. The summed E-state index contributed by atoms with van der Waals surface area (Å²) in [6.07, 6.45) is -0.661. The molecule has 0 bridgehead atoms. The van der Waals surface area contributed by atoms with Crippen LogP contribution in [-0.2, 0) is 20.9 Å². The summed E-state index contributed by atoms with van der Waals surface area (Å²) in [5, 5.41) is 2.32. The second-order valence-corrected chi connectivity index (χ2v) is 4.50. The maximum absolute atomic E-state index is 11.4. The van der Waals surface area contributed by atoms with Crippen molar-refractivity contribution in [2.24, 2.45) is 0 Å². The van der Waals surface area contributed by atoms with E-state index < -0.39 is 12.1 Å². The molecule has 6 heteroatoms. The Morgan fingerprint density at radius 1 is 0.870 bits per heavy atom. The lowest BCUT2D eigenvalue weighted by atomic mass is 10.2. The van der Waals surface area contributed by atoms with Gasteiger partial charge in [0.1, 0.15) is 12.4 Å². The Morgan fingerprint density at radius 2 is 1.52 bits per heavy atom. The minimum Gasteiger partial charge on any atom is -0.482 e. The van der Waals surface area contributed by atoms with E-state index in [-0.39, 0.29) is 19.9 Å². The number of nitrogens with one attached hydrogen (secondary N) is 1. The number of ether oxygens (including phenoxy) is 3. The van der Waals surface area contributed by atoms with E-state index in [4.69, 9.17) is 14.2 Å². The first kappa shape index (κ1) is 16.4. The van der Waals surface area contributed by atoms with Crippen molar-refractivity contribution in [3.8, 4) is 5.75 Å². The average Bonchev–Trinajstić information content (AvgIpc) is 2.60. The molecule has 2 aromatic rings. The van der Waals surface area contributed by atoms with Crippen molar-refractivity contribution in [2.75, 3.05) is 13.3 Å². The van der Waals surface area contributed by atoms with Crippen molar-refractivity contribution >= 4 is 12.1 Å². The lowest BCUT2D eigenvalue weighted by molar-refractivity contribution is -0.146. The molecule has 0 aliphatic heterocycles. The van der Waals surface area contributed by atoms with Crippen LogP contribution >= 0.6 is 0 Å². The molecule has 0 heterocycles. The molecule has 0 fully saturated rings. The van der Waals surface area contributed by atoms with Gasteiger partial charge in [-0.1, -0.05) is 48.5 Å². The molecule has 0 spiro atoms. The Bertz CT molecular complexity index is 560. The normalized spacial score (nSPS) is 9.74. The molecular weight excluding hydrogens is 298 g/mol. The van der Waals surface area contributed by atoms with E-state index in [0.29, 0.717) is 5.75 Å². The highest BCUT2D eigenvalue weighted by Crippen LogP contribution is 2.07. The molecule has 2 aromatic carbocycles. The molecule has 1 N–H and O–H groups in total. The molecule has 6 nitrogen and oxygen atoms in total. The van der Waals surface area contributed by atoms with Gasteiger partial charge in [-0.15, -0.1) is 0 Å². The minimum absolute atomic E-state index is 0.151. The predicted molar refractivity (Wildman–Crippen MR) is 82.7 cm³/mol. The van der Waals surface area contributed by atoms with Crippen LogP contribution in [0.1, 0.15) is 5.56 Å². The van der Waals surface area contributed by atoms with E-state index in [0.717, 1.165) is 5.56 Å². The highest BCUT2D eigenvalue weighted by Gasteiger charge is 2.06. The van der Waals surface area contributed by atoms with Gasteiger partial charge in [-0.25, -0.2) is 9.59 Å². The summed E-state index contributed by atoms with van der Waals surface area (Å²) in [4.78, 5) is 22.9. The number of alkyl carbamates (subject to hydrolysis) is 1. The van der Waals surface area contributed by atoms with Gasteiger partial charge in [-0.2, -0.15) is 0 Å². The molecule has 0 saturated carbocycles. The Balaban J connectivity index is 1.57. The Morgan fingerprint density at radius 3 is 2.22 bits per heavy atom. The van der Waals surface area contributed by atoms with E-state index >= 15 is 0 Å². The molecule has 0 atom stereocenters. The first-order chi connectivity index (χ1) is 11.2. The standard InChI is InChI=1S/C17H17NO5/c19-16(12-21-15-9-5-2-6-10-15)23-13-18-17(20)22-11-14-7-3-1-4-8-14/h1-10H,11-13H2,(H,18,20). The number of esters is 1. The lowest BCUT2D eigenvalue weighted by Crippen LogP contribution is -2.29. The van der Waals surface area contributed by atoms with Crippen LogP contribution in [0.25, 0.3) is 0 Å². The van der Waals surface area contributed by atoms with Gasteiger partial charge in [0.15, 0.2) is 13.3 Å². The van der Waals surface area contributed by atoms with E-state index in [2.05, 4.69) is 5.32 Å². The molecule has 0 aliphatic carbocycles. The van der Waals surface area contributed by atoms with Crippen molar-refractivity contribution in [3.63, 3.8) is 0 Å². The first-order valence-corrected chi connectivity index (χ1v) is 7.02. The molecule has 0 radical (unpaired) electrons. The van der Waals surface area contributed by atoms with Crippen molar-refractivity contribution in [1.82, 2.24) is 5.32 Å². The van der Waals surface area contributed by atoms with E-state index in [1.54, 1.807) is 24.3 Å². The monoisotopic (exact) mass is 315 g/mol. The van der Waals surface area contributed by atoms with Gasteiger partial charge in [0, 0.05) is 0 Å². The summed E-state index contributed by atoms with van der Waals surface area (Å²) in [7, 11) is 0. The number of hydrogen-bond donors (Lipinski definition) is 1. The average molecular weight is 315 g/mol. The molecule has 0 aromatic heterocycles. The number of carbonyl (C=O) groups excluding carboxylic acids is 2. The SMILES string of the molecule is O=C(COc1ccccc1)OCNC(=O)OCc1ccccc1. The van der Waals surface area contributed by atoms with Crippen LogP contribution in [-0.4, -0.2) is 25.4 Å². The van der Waals surface area contributed by atoms with Crippen LogP contribution in [0, 0.1) is 0 Å². The highest BCUT2D eigenvalue weighted by atomic mass is 16.6. The highest BCUT2D eigenvalue weighted by molar-refractivity contribution is 5.72. The first-order valence-electron chi connectivity index (χ1n) is 7.02. The molecule has 120 valence electrons. The Labute approximate surface area is 134 Å². The van der Waals surface area contributed by atoms with E-state index in [9.17, 15) is 9.59 Å². The van der Waals surface area contributed by atoms with Gasteiger partial charge in [0.25, 0.3) is 0 Å². The topological polar surface area (TPSA) is 73.9 Å². The maximum atomic E-state index is 11.4. The van der Waals surface area contributed by atoms with Crippen molar-refractivity contribution in [2.45, 2.75) is 6.61 Å². The zero-order valence-corrected chi connectivity index (χ0v) is 12.4. The zero-order chi connectivity index (χ0) is 16.3. The second kappa shape index (κ2) is 9.09. The minimum atomic E-state index is -0.661. The molecule has 0 aliphatic rings. The van der Waals surface area contributed by atoms with Crippen molar-refractivity contribution in [3.05, 3.63) is 66.2 Å². The third-order valence-corrected chi connectivity index (χ3v) is 2.76. The van der Waals surface area contributed by atoms with Crippen LogP contribution < -0.4 is 10.1 Å². The third-order valence-electron chi connectivity index (χ3n) is 2.76. The van der Waals surface area contributed by atoms with Crippen molar-refractivity contribution in [1.29, 1.82) is 0 Å². The summed E-state index contributed by atoms with van der Waals surface area (Å²) in [5.41, 5.74) is 0.871. The summed E-state index contributed by atoms with van der Waals surface area (Å²) >= 11 is 0. The third kappa shape index (κ3) is 6.52. The second-order valence-electron chi connectivity index (χ2n) is 4.50. The van der Waals surface area contributed by atoms with Gasteiger partial charge in [0.2, 0.25) is 0 Å². The molecule has 0 unspecified atom stereocenters. The Hall–Kier alpha value is -3.02. The number of benzene rings is 2. The van der Waals surface area contributed by atoms with Gasteiger partial charge in [0.05, 0.1) is 0 Å². The molecule has 23 heavy (non-hydrogen) atoms. The smallest absolute Gasteiger partial charge is 0.410 e. The van der Waals surface area contributed by atoms with E-state index in [1.807, 2.05) is 36.4 Å². The van der Waals surface area contributed by atoms with Crippen LogP contribution in [0.2, 0.25) is 0 Å². The van der Waals surface area contributed by atoms with Gasteiger partial charge < -0.3 is 14.2 Å². The molecule has 1 amide bonds. The number of carbonyl (C=O) groups is 2. The Kier molecular flexibility index (Phi) is 6.46. The molecule has 2 rings (SSSR count). The van der Waals surface area contributed by atoms with Crippen LogP contribution in [0.3, 0.4) is 0 Å². The summed E-state index contributed by atoms with van der Waals surface area (Å²) in [6, 6.07) is 18.2. The number of hydrogen-bond acceptors (Lipinski definition) is 5. The van der Waals surface area contributed by atoms with E-state index in [1.165, 1.54) is 0 Å². The van der Waals surface area contributed by atoms with Gasteiger partial charge in [-0.3, -0.25) is 5.32 Å². The zero-order valence-electron chi connectivity index (χ0n) is 12.4. The lowest BCUT2D eigenvalue weighted by Gasteiger charge is -2.09. The quantitative estimate of drug-likeness (QED) is 0.627. The number of para-hydroxylation sites is 1. The summed E-state index contributed by atoms with van der Waals surface area (Å²) < 4.78 is 15.0. The van der Waals surface area contributed by atoms with Gasteiger partial charge in [-0.05, 0) is 17.7 Å². The van der Waals surface area contributed by atoms with Crippen LogP contribution in [0.4, 0.5) is 4.79 Å². The predicted octanol–water partition coefficient (Wildman–Crippen LogP) is 2.49. The maximum Gasteiger partial charge on any atom is 0.410 e. The van der Waals surface area contributed by atoms with Crippen LogP contribution in [0.15, 0.2) is 60.7 Å². The fourth-order valence-electron chi connectivity index (χ4n) is 1.65.